The summed E-state index contributed by atoms with van der Waals surface area (Å²) in [5, 5.41) is 3.47. The Bertz CT molecular complexity index is 959. The van der Waals surface area contributed by atoms with Crippen LogP contribution in [-0.2, 0) is 17.5 Å². The van der Waals surface area contributed by atoms with Crippen LogP contribution in [0.2, 0.25) is 5.02 Å². The molecule has 1 aromatic carbocycles. The van der Waals surface area contributed by atoms with Crippen molar-refractivity contribution in [2.75, 3.05) is 18.9 Å². The minimum atomic E-state index is -4.51. The zero-order valence-electron chi connectivity index (χ0n) is 14.8. The van der Waals surface area contributed by atoms with Crippen molar-refractivity contribution < 1.29 is 18.0 Å². The Morgan fingerprint density at radius 2 is 2.07 bits per heavy atom. The first-order valence-corrected chi connectivity index (χ1v) is 9.48. The Balaban J connectivity index is 1.52. The molecule has 3 aromatic rings. The van der Waals surface area contributed by atoms with Gasteiger partial charge in [-0.05, 0) is 18.2 Å². The number of thiazole rings is 1. The number of anilines is 1. The first kappa shape index (κ1) is 20.3. The van der Waals surface area contributed by atoms with Gasteiger partial charge in [0.2, 0.25) is 5.91 Å². The number of carbonyl (C=O) groups excluding carboxylic acids is 1. The average Bonchev–Trinajstić information content (AvgIpc) is 3.04. The molecule has 0 atom stereocenters. The minimum absolute atomic E-state index is 0.108. The third kappa shape index (κ3) is 4.90. The molecule has 148 valence electrons. The molecule has 0 aliphatic carbocycles. The van der Waals surface area contributed by atoms with Gasteiger partial charge in [0.15, 0.2) is 0 Å². The minimum Gasteiger partial charge on any atom is -0.368 e. The summed E-state index contributed by atoms with van der Waals surface area (Å²) in [5.41, 5.74) is -0.0252. The highest BCUT2D eigenvalue weighted by Gasteiger charge is 2.31. The molecule has 0 radical (unpaired) electrons. The van der Waals surface area contributed by atoms with Gasteiger partial charge in [0.1, 0.15) is 10.8 Å². The number of amides is 1. The van der Waals surface area contributed by atoms with Crippen molar-refractivity contribution in [3.8, 4) is 0 Å². The molecule has 0 unspecified atom stereocenters. The Hall–Kier alpha value is -2.39. The molecule has 0 bridgehead atoms. The van der Waals surface area contributed by atoms with Crippen LogP contribution in [0.4, 0.5) is 19.0 Å². The summed E-state index contributed by atoms with van der Waals surface area (Å²) >= 11 is 7.36. The highest BCUT2D eigenvalue weighted by atomic mass is 35.5. The summed E-state index contributed by atoms with van der Waals surface area (Å²) in [4.78, 5) is 22.0. The zero-order chi connectivity index (χ0) is 20.3. The maximum Gasteiger partial charge on any atom is 0.417 e. The van der Waals surface area contributed by atoms with Crippen LogP contribution in [0, 0.1) is 0 Å². The van der Waals surface area contributed by atoms with Gasteiger partial charge < -0.3 is 10.2 Å². The number of aromatic nitrogens is 2. The van der Waals surface area contributed by atoms with Crippen molar-refractivity contribution in [3.63, 3.8) is 0 Å². The van der Waals surface area contributed by atoms with Gasteiger partial charge >= 0.3 is 6.18 Å². The van der Waals surface area contributed by atoms with Gasteiger partial charge in [0, 0.05) is 26.2 Å². The van der Waals surface area contributed by atoms with Crippen LogP contribution in [0.5, 0.6) is 0 Å². The number of benzene rings is 1. The first-order valence-electron chi connectivity index (χ1n) is 8.29. The molecule has 10 heteroatoms. The van der Waals surface area contributed by atoms with E-state index in [2.05, 4.69) is 15.3 Å². The van der Waals surface area contributed by atoms with Crippen molar-refractivity contribution >= 4 is 44.9 Å². The smallest absolute Gasteiger partial charge is 0.368 e. The van der Waals surface area contributed by atoms with Gasteiger partial charge in [-0.1, -0.05) is 23.7 Å². The second kappa shape index (κ2) is 8.32. The molecule has 0 saturated heterocycles. The monoisotopic (exact) mass is 428 g/mol. The third-order valence-corrected chi connectivity index (χ3v) is 5.25. The molecule has 3 rings (SSSR count). The Kier molecular flexibility index (Phi) is 6.04. The van der Waals surface area contributed by atoms with Crippen LogP contribution in [0.15, 0.2) is 36.5 Å². The Morgan fingerprint density at radius 3 is 2.75 bits per heavy atom. The van der Waals surface area contributed by atoms with Crippen molar-refractivity contribution in [3.05, 3.63) is 52.1 Å². The summed E-state index contributed by atoms with van der Waals surface area (Å²) < 4.78 is 38.9. The first-order chi connectivity index (χ1) is 13.2. The zero-order valence-corrected chi connectivity index (χ0v) is 16.3. The fraction of sp³-hybridized carbons (Fsp3) is 0.278. The molecule has 1 N–H and O–H groups in total. The van der Waals surface area contributed by atoms with E-state index < -0.39 is 11.7 Å². The molecule has 0 spiro atoms. The fourth-order valence-electron chi connectivity index (χ4n) is 2.48. The molecular weight excluding hydrogens is 413 g/mol. The molecule has 0 fully saturated rings. The number of halogens is 4. The number of alkyl halides is 3. The van der Waals surface area contributed by atoms with E-state index in [0.29, 0.717) is 12.7 Å². The number of para-hydroxylation sites is 1. The summed E-state index contributed by atoms with van der Waals surface area (Å²) in [6.45, 7) is 0.582. The number of pyridine rings is 1. The summed E-state index contributed by atoms with van der Waals surface area (Å²) in [7, 11) is 1.68. The third-order valence-electron chi connectivity index (χ3n) is 3.94. The average molecular weight is 429 g/mol. The second-order valence-corrected chi connectivity index (χ2v) is 7.58. The maximum atomic E-state index is 12.6. The van der Waals surface area contributed by atoms with Crippen LogP contribution < -0.4 is 5.32 Å². The molecule has 5 nitrogen and oxygen atoms in total. The summed E-state index contributed by atoms with van der Waals surface area (Å²) in [6, 6.07) is 8.54. The van der Waals surface area contributed by atoms with Crippen molar-refractivity contribution in [2.24, 2.45) is 0 Å². The normalized spacial score (nSPS) is 11.6. The molecule has 0 saturated carbocycles. The molecular formula is C18H16ClF3N4OS. The van der Waals surface area contributed by atoms with Crippen molar-refractivity contribution in [1.29, 1.82) is 0 Å². The predicted molar refractivity (Wildman–Crippen MR) is 103 cm³/mol. The number of nitrogens with one attached hydrogen (secondary N) is 1. The quantitative estimate of drug-likeness (QED) is 0.611. The predicted octanol–water partition coefficient (Wildman–Crippen LogP) is 4.82. The molecule has 1 amide bonds. The van der Waals surface area contributed by atoms with Crippen LogP contribution in [0.25, 0.3) is 10.2 Å². The van der Waals surface area contributed by atoms with Gasteiger partial charge in [-0.2, -0.15) is 13.2 Å². The van der Waals surface area contributed by atoms with Crippen LogP contribution in [-0.4, -0.2) is 34.4 Å². The molecule has 28 heavy (non-hydrogen) atoms. The lowest BCUT2D eigenvalue weighted by Gasteiger charge is -2.16. The summed E-state index contributed by atoms with van der Waals surface area (Å²) in [5.74, 6) is -0.0221. The number of rotatable bonds is 6. The van der Waals surface area contributed by atoms with Crippen LogP contribution in [0.3, 0.4) is 0 Å². The van der Waals surface area contributed by atoms with E-state index >= 15 is 0 Å². The number of hydrogen-bond acceptors (Lipinski definition) is 5. The van der Waals surface area contributed by atoms with Crippen LogP contribution >= 0.6 is 22.9 Å². The van der Waals surface area contributed by atoms with Crippen molar-refractivity contribution in [1.82, 2.24) is 14.9 Å². The van der Waals surface area contributed by atoms with E-state index in [-0.39, 0.29) is 29.7 Å². The molecule has 0 aliphatic rings. The highest BCUT2D eigenvalue weighted by molar-refractivity contribution is 7.18. The Morgan fingerprint density at radius 1 is 1.32 bits per heavy atom. The van der Waals surface area contributed by atoms with E-state index in [4.69, 9.17) is 11.6 Å². The van der Waals surface area contributed by atoms with Gasteiger partial charge in [-0.3, -0.25) is 4.79 Å². The van der Waals surface area contributed by atoms with E-state index in [9.17, 15) is 18.0 Å². The number of hydrogen-bond donors (Lipinski definition) is 1. The van der Waals surface area contributed by atoms with E-state index in [1.165, 1.54) is 11.3 Å². The SMILES string of the molecule is CN(Cc1nc2ccccc2s1)C(=O)CCNc1ncc(C(F)(F)F)cc1Cl. The van der Waals surface area contributed by atoms with Crippen LogP contribution in [0.1, 0.15) is 17.0 Å². The van der Waals surface area contributed by atoms with Gasteiger partial charge in [-0.15, -0.1) is 11.3 Å². The highest BCUT2D eigenvalue weighted by Crippen LogP contribution is 2.32. The largest absolute Gasteiger partial charge is 0.417 e. The number of carbonyl (C=O) groups is 1. The van der Waals surface area contributed by atoms with Gasteiger partial charge in [-0.25, -0.2) is 9.97 Å². The van der Waals surface area contributed by atoms with Gasteiger partial charge in [0.05, 0.1) is 27.3 Å². The lowest BCUT2D eigenvalue weighted by Crippen LogP contribution is -2.27. The van der Waals surface area contributed by atoms with E-state index in [1.807, 2.05) is 24.3 Å². The number of nitrogens with zero attached hydrogens (tertiary/aromatic N) is 3. The number of fused-ring (bicyclic) bond motifs is 1. The fourth-order valence-corrected chi connectivity index (χ4v) is 3.73. The molecule has 0 aliphatic heterocycles. The lowest BCUT2D eigenvalue weighted by molar-refractivity contribution is -0.137. The summed E-state index contributed by atoms with van der Waals surface area (Å²) in [6.07, 6.45) is -3.66. The standard InChI is InChI=1S/C18H16ClF3N4OS/c1-26(10-15-25-13-4-2-3-5-14(13)28-15)16(27)6-7-23-17-12(19)8-11(9-24-17)18(20,21)22/h2-5,8-9H,6-7,10H2,1H3,(H,23,24). The Labute approximate surface area is 168 Å². The maximum absolute atomic E-state index is 12.6. The second-order valence-electron chi connectivity index (χ2n) is 6.05. The van der Waals surface area contributed by atoms with E-state index in [0.717, 1.165) is 21.3 Å². The van der Waals surface area contributed by atoms with Gasteiger partial charge in [0.25, 0.3) is 0 Å². The molecule has 2 aromatic heterocycles. The lowest BCUT2D eigenvalue weighted by atomic mass is 10.2. The topological polar surface area (TPSA) is 58.1 Å². The molecule has 2 heterocycles. The van der Waals surface area contributed by atoms with Crippen molar-refractivity contribution in [2.45, 2.75) is 19.1 Å². The van der Waals surface area contributed by atoms with E-state index in [1.54, 1.807) is 11.9 Å².